The van der Waals surface area contributed by atoms with Crippen molar-refractivity contribution in [3.63, 3.8) is 0 Å². The number of thiophene rings is 1. The fourth-order valence-corrected chi connectivity index (χ4v) is 3.78. The molecule has 0 aliphatic rings. The van der Waals surface area contributed by atoms with E-state index in [1.165, 1.54) is 0 Å². The van der Waals surface area contributed by atoms with Crippen LogP contribution < -0.4 is 5.32 Å². The summed E-state index contributed by atoms with van der Waals surface area (Å²) in [5, 5.41) is 2.97. The monoisotopic (exact) mass is 253 g/mol. The van der Waals surface area contributed by atoms with Crippen LogP contribution in [0.5, 0.6) is 0 Å². The van der Waals surface area contributed by atoms with Crippen molar-refractivity contribution in [1.29, 1.82) is 0 Å². The molecule has 3 nitrogen and oxygen atoms in total. The maximum absolute atomic E-state index is 11.6. The van der Waals surface area contributed by atoms with Gasteiger partial charge in [-0.1, -0.05) is 18.5 Å². The lowest BCUT2D eigenvalue weighted by Gasteiger charge is -2.01. The highest BCUT2D eigenvalue weighted by Gasteiger charge is 2.15. The Morgan fingerprint density at radius 1 is 1.50 bits per heavy atom. The molecule has 0 bridgehead atoms. The minimum absolute atomic E-state index is 0.123. The van der Waals surface area contributed by atoms with E-state index in [0.29, 0.717) is 15.1 Å². The van der Waals surface area contributed by atoms with Gasteiger partial charge in [0.05, 0.1) is 10.1 Å². The first-order valence-corrected chi connectivity index (χ1v) is 7.09. The van der Waals surface area contributed by atoms with Gasteiger partial charge in [0.1, 0.15) is 4.21 Å². The molecule has 0 atom stereocenters. The molecule has 1 N–H and O–H groups in total. The molecular formula is C8H12ClNO2S2. The topological polar surface area (TPSA) is 46.2 Å². The van der Waals surface area contributed by atoms with Gasteiger partial charge >= 0.3 is 0 Å². The summed E-state index contributed by atoms with van der Waals surface area (Å²) >= 11 is 6.77. The summed E-state index contributed by atoms with van der Waals surface area (Å²) in [5.74, 6) is 0.123. The summed E-state index contributed by atoms with van der Waals surface area (Å²) in [7, 11) is -3.14. The number of hydrogen-bond donors (Lipinski definition) is 1. The lowest BCUT2D eigenvalue weighted by Crippen LogP contribution is -2.22. The largest absolute Gasteiger partial charge is 0.316 e. The molecule has 0 spiro atoms. The SMILES string of the molecule is CCNCCS(=O)(=O)c1ccc(Cl)s1. The van der Waals surface area contributed by atoms with Gasteiger partial charge in [0.2, 0.25) is 0 Å². The van der Waals surface area contributed by atoms with Crippen molar-refractivity contribution in [2.24, 2.45) is 0 Å². The van der Waals surface area contributed by atoms with Gasteiger partial charge in [-0.3, -0.25) is 0 Å². The third-order valence-electron chi connectivity index (χ3n) is 1.65. The minimum Gasteiger partial charge on any atom is -0.316 e. The Kier molecular flexibility index (Phi) is 4.37. The quantitative estimate of drug-likeness (QED) is 0.814. The molecule has 1 rings (SSSR count). The molecule has 0 fully saturated rings. The molecule has 80 valence electrons. The molecule has 0 aromatic carbocycles. The van der Waals surface area contributed by atoms with E-state index in [-0.39, 0.29) is 5.75 Å². The average molecular weight is 254 g/mol. The van der Waals surface area contributed by atoms with Crippen LogP contribution in [0.2, 0.25) is 4.34 Å². The average Bonchev–Trinajstić information content (AvgIpc) is 2.53. The van der Waals surface area contributed by atoms with Gasteiger partial charge in [-0.25, -0.2) is 8.42 Å². The van der Waals surface area contributed by atoms with Crippen LogP contribution in [0.25, 0.3) is 0 Å². The van der Waals surface area contributed by atoms with Crippen LogP contribution in [0.15, 0.2) is 16.3 Å². The summed E-state index contributed by atoms with van der Waals surface area (Å²) < 4.78 is 24.1. The number of hydrogen-bond acceptors (Lipinski definition) is 4. The predicted octanol–water partition coefficient (Wildman–Crippen LogP) is 1.78. The Balaban J connectivity index is 2.66. The zero-order valence-corrected chi connectivity index (χ0v) is 10.2. The molecule has 14 heavy (non-hydrogen) atoms. The number of sulfone groups is 1. The standard InChI is InChI=1S/C8H12ClNO2S2/c1-2-10-5-6-14(11,12)8-4-3-7(9)13-8/h3-4,10H,2,5-6H2,1H3. The third-order valence-corrected chi connectivity index (χ3v) is 5.18. The number of halogens is 1. The molecule has 0 unspecified atom stereocenters. The van der Waals surface area contributed by atoms with Gasteiger partial charge < -0.3 is 5.32 Å². The summed E-state index contributed by atoms with van der Waals surface area (Å²) in [6, 6.07) is 3.15. The number of rotatable bonds is 5. The Bertz CT molecular complexity index is 386. The van der Waals surface area contributed by atoms with Crippen LogP contribution in [0, 0.1) is 0 Å². The molecule has 0 radical (unpaired) electrons. The van der Waals surface area contributed by atoms with Crippen molar-refractivity contribution < 1.29 is 8.42 Å². The summed E-state index contributed by atoms with van der Waals surface area (Å²) in [5.41, 5.74) is 0. The van der Waals surface area contributed by atoms with Crippen molar-refractivity contribution >= 4 is 32.8 Å². The zero-order chi connectivity index (χ0) is 10.6. The van der Waals surface area contributed by atoms with Crippen LogP contribution >= 0.6 is 22.9 Å². The van der Waals surface area contributed by atoms with E-state index >= 15 is 0 Å². The van der Waals surface area contributed by atoms with Crippen molar-refractivity contribution in [1.82, 2.24) is 5.32 Å². The predicted molar refractivity (Wildman–Crippen MR) is 59.9 cm³/mol. The van der Waals surface area contributed by atoms with E-state index in [9.17, 15) is 8.42 Å². The maximum atomic E-state index is 11.6. The van der Waals surface area contributed by atoms with E-state index in [0.717, 1.165) is 17.9 Å². The van der Waals surface area contributed by atoms with Crippen molar-refractivity contribution in [2.75, 3.05) is 18.8 Å². The molecular weight excluding hydrogens is 242 g/mol. The smallest absolute Gasteiger partial charge is 0.189 e. The summed E-state index contributed by atoms with van der Waals surface area (Å²) in [4.78, 5) is 0. The van der Waals surface area contributed by atoms with Crippen LogP contribution in [-0.2, 0) is 9.84 Å². The van der Waals surface area contributed by atoms with E-state index in [2.05, 4.69) is 5.32 Å². The number of nitrogens with one attached hydrogen (secondary N) is 1. The minimum atomic E-state index is -3.14. The van der Waals surface area contributed by atoms with Gasteiger partial charge in [0.25, 0.3) is 0 Å². The molecule has 0 aliphatic carbocycles. The van der Waals surface area contributed by atoms with Gasteiger partial charge in [-0.05, 0) is 18.7 Å². The lowest BCUT2D eigenvalue weighted by molar-refractivity contribution is 0.594. The first kappa shape index (κ1) is 12.0. The first-order valence-electron chi connectivity index (χ1n) is 4.25. The summed E-state index contributed by atoms with van der Waals surface area (Å²) in [6.07, 6.45) is 0. The van der Waals surface area contributed by atoms with E-state index < -0.39 is 9.84 Å². The second kappa shape index (κ2) is 5.11. The molecule has 1 aromatic rings. The van der Waals surface area contributed by atoms with Crippen molar-refractivity contribution in [3.05, 3.63) is 16.5 Å². The molecule has 0 saturated heterocycles. The normalized spacial score (nSPS) is 11.9. The third kappa shape index (κ3) is 3.24. The highest BCUT2D eigenvalue weighted by atomic mass is 35.5. The fraction of sp³-hybridized carbons (Fsp3) is 0.500. The van der Waals surface area contributed by atoms with Crippen molar-refractivity contribution in [2.45, 2.75) is 11.1 Å². The zero-order valence-electron chi connectivity index (χ0n) is 7.79. The van der Waals surface area contributed by atoms with Gasteiger partial charge in [-0.15, -0.1) is 11.3 Å². The fourth-order valence-electron chi connectivity index (χ4n) is 0.949. The molecule has 0 amide bonds. The Hall–Kier alpha value is -0.100. The molecule has 0 aliphatic heterocycles. The van der Waals surface area contributed by atoms with Gasteiger partial charge in [0, 0.05) is 6.54 Å². The van der Waals surface area contributed by atoms with Crippen molar-refractivity contribution in [3.8, 4) is 0 Å². The van der Waals surface area contributed by atoms with Crippen LogP contribution in [-0.4, -0.2) is 27.3 Å². The van der Waals surface area contributed by atoms with Crippen LogP contribution in [0.4, 0.5) is 0 Å². The maximum Gasteiger partial charge on any atom is 0.189 e. The van der Waals surface area contributed by atoms with Crippen LogP contribution in [0.3, 0.4) is 0 Å². The highest BCUT2D eigenvalue weighted by molar-refractivity contribution is 7.93. The van der Waals surface area contributed by atoms with Gasteiger partial charge in [0.15, 0.2) is 9.84 Å². The molecule has 1 aromatic heterocycles. The molecule has 1 heterocycles. The first-order chi connectivity index (χ1) is 6.56. The van der Waals surface area contributed by atoms with Crippen LogP contribution in [0.1, 0.15) is 6.92 Å². The van der Waals surface area contributed by atoms with E-state index in [4.69, 9.17) is 11.6 Å². The van der Waals surface area contributed by atoms with E-state index in [1.807, 2.05) is 6.92 Å². The van der Waals surface area contributed by atoms with E-state index in [1.54, 1.807) is 12.1 Å². The molecule has 6 heteroatoms. The molecule has 0 saturated carbocycles. The van der Waals surface area contributed by atoms with Gasteiger partial charge in [-0.2, -0.15) is 0 Å². The Morgan fingerprint density at radius 3 is 2.71 bits per heavy atom. The Labute approximate surface area is 93.0 Å². The second-order valence-corrected chi connectivity index (χ2v) is 6.78. The summed E-state index contributed by atoms with van der Waals surface area (Å²) in [6.45, 7) is 3.20. The lowest BCUT2D eigenvalue weighted by atomic mass is 10.7. The highest BCUT2D eigenvalue weighted by Crippen LogP contribution is 2.26. The Morgan fingerprint density at radius 2 is 2.21 bits per heavy atom. The second-order valence-electron chi connectivity index (χ2n) is 2.73.